The molecule has 0 fully saturated rings. The van der Waals surface area contributed by atoms with E-state index in [2.05, 4.69) is 22.2 Å². The Labute approximate surface area is 148 Å². The van der Waals surface area contributed by atoms with Crippen molar-refractivity contribution in [3.8, 4) is 11.8 Å². The van der Waals surface area contributed by atoms with Gasteiger partial charge in [0.25, 0.3) is 5.91 Å². The summed E-state index contributed by atoms with van der Waals surface area (Å²) in [5.74, 6) is 0.556. The van der Waals surface area contributed by atoms with Crippen LogP contribution in [0.25, 0.3) is 0 Å². The first kappa shape index (κ1) is 18.7. The van der Waals surface area contributed by atoms with Crippen LogP contribution in [0.3, 0.4) is 0 Å². The number of carbonyl (C=O) groups is 1. The summed E-state index contributed by atoms with van der Waals surface area (Å²) in [6.07, 6.45) is 2.10. The monoisotopic (exact) mass is 343 g/mol. The molecule has 0 unspecified atom stereocenters. The highest BCUT2D eigenvalue weighted by Crippen LogP contribution is 2.21. The minimum atomic E-state index is -0.209. The van der Waals surface area contributed by atoms with Crippen LogP contribution in [0.2, 0.25) is 0 Å². The van der Waals surface area contributed by atoms with Gasteiger partial charge in [0, 0.05) is 5.56 Å². The predicted octanol–water partition coefficient (Wildman–Crippen LogP) is 3.92. The molecule has 0 aliphatic carbocycles. The molecule has 0 aliphatic heterocycles. The number of benzene rings is 1. The second-order valence-electron chi connectivity index (χ2n) is 5.67. The summed E-state index contributed by atoms with van der Waals surface area (Å²) in [7, 11) is 0. The number of aromatic nitrogens is 2. The molecule has 0 bridgehead atoms. The lowest BCUT2D eigenvalue weighted by molar-refractivity contribution is 0.102. The predicted molar refractivity (Wildman–Crippen MR) is 97.5 cm³/mol. The summed E-state index contributed by atoms with van der Waals surface area (Å²) < 4.78 is 10.9. The van der Waals surface area contributed by atoms with Crippen LogP contribution in [0.4, 0.5) is 5.69 Å². The SMILES string of the molecule is CCCCOc1ccc(C(=O)Nc2c(C)nc(OCC)nc2C)cc1. The van der Waals surface area contributed by atoms with Crippen LogP contribution in [0.1, 0.15) is 48.4 Å². The first-order valence-corrected chi connectivity index (χ1v) is 8.57. The summed E-state index contributed by atoms with van der Waals surface area (Å²) in [6, 6.07) is 7.43. The number of unbranched alkanes of at least 4 members (excludes halogenated alkanes) is 1. The van der Waals surface area contributed by atoms with Crippen LogP contribution in [0, 0.1) is 13.8 Å². The maximum atomic E-state index is 12.5. The number of nitrogens with zero attached hydrogens (tertiary/aromatic N) is 2. The van der Waals surface area contributed by atoms with Crippen LogP contribution in [-0.2, 0) is 0 Å². The fraction of sp³-hybridized carbons (Fsp3) is 0.421. The zero-order chi connectivity index (χ0) is 18.2. The van der Waals surface area contributed by atoms with Gasteiger partial charge in [-0.25, -0.2) is 0 Å². The molecule has 25 heavy (non-hydrogen) atoms. The number of hydrogen-bond donors (Lipinski definition) is 1. The van der Waals surface area contributed by atoms with Crippen LogP contribution in [0.5, 0.6) is 11.8 Å². The van der Waals surface area contributed by atoms with E-state index < -0.39 is 0 Å². The second kappa shape index (κ2) is 9.01. The summed E-state index contributed by atoms with van der Waals surface area (Å²) in [5.41, 5.74) is 2.50. The molecule has 1 aromatic heterocycles. The fourth-order valence-corrected chi connectivity index (χ4v) is 2.28. The van der Waals surface area contributed by atoms with E-state index >= 15 is 0 Å². The maximum Gasteiger partial charge on any atom is 0.316 e. The molecule has 2 aromatic rings. The first-order valence-electron chi connectivity index (χ1n) is 8.57. The molecule has 6 nitrogen and oxygen atoms in total. The smallest absolute Gasteiger partial charge is 0.316 e. The standard InChI is InChI=1S/C19H25N3O3/c1-5-7-12-25-16-10-8-15(9-11-16)18(23)22-17-13(3)20-19(24-6-2)21-14(17)4/h8-11H,5-7,12H2,1-4H3,(H,22,23). The Hall–Kier alpha value is -2.63. The number of rotatable bonds is 8. The van der Waals surface area contributed by atoms with Crippen LogP contribution < -0.4 is 14.8 Å². The molecule has 0 saturated heterocycles. The number of nitrogens with one attached hydrogen (secondary N) is 1. The largest absolute Gasteiger partial charge is 0.494 e. The third kappa shape index (κ3) is 5.17. The minimum Gasteiger partial charge on any atom is -0.494 e. The molecular weight excluding hydrogens is 318 g/mol. The maximum absolute atomic E-state index is 12.5. The van der Waals surface area contributed by atoms with Gasteiger partial charge in [-0.2, -0.15) is 9.97 Å². The molecule has 0 saturated carbocycles. The van der Waals surface area contributed by atoms with Crippen LogP contribution in [0.15, 0.2) is 24.3 Å². The molecule has 0 atom stereocenters. The summed E-state index contributed by atoms with van der Waals surface area (Å²) in [5, 5.41) is 2.88. The first-order chi connectivity index (χ1) is 12.0. The third-order valence-electron chi connectivity index (χ3n) is 3.65. The van der Waals surface area contributed by atoms with Gasteiger partial charge in [-0.3, -0.25) is 4.79 Å². The lowest BCUT2D eigenvalue weighted by Gasteiger charge is -2.12. The zero-order valence-corrected chi connectivity index (χ0v) is 15.3. The van der Waals surface area contributed by atoms with Gasteiger partial charge >= 0.3 is 6.01 Å². The Morgan fingerprint density at radius 1 is 1.04 bits per heavy atom. The Bertz CT molecular complexity index is 691. The van der Waals surface area contributed by atoms with Crippen molar-refractivity contribution < 1.29 is 14.3 Å². The minimum absolute atomic E-state index is 0.209. The fourth-order valence-electron chi connectivity index (χ4n) is 2.28. The number of anilines is 1. The third-order valence-corrected chi connectivity index (χ3v) is 3.65. The molecular formula is C19H25N3O3. The molecule has 1 heterocycles. The van der Waals surface area contributed by atoms with E-state index in [4.69, 9.17) is 9.47 Å². The van der Waals surface area contributed by atoms with Gasteiger partial charge in [0.1, 0.15) is 5.75 Å². The van der Waals surface area contributed by atoms with E-state index in [1.165, 1.54) is 0 Å². The van der Waals surface area contributed by atoms with E-state index in [1.54, 1.807) is 24.3 Å². The highest BCUT2D eigenvalue weighted by Gasteiger charge is 2.13. The van der Waals surface area contributed by atoms with Gasteiger partial charge in [-0.15, -0.1) is 0 Å². The van der Waals surface area contributed by atoms with E-state index in [9.17, 15) is 4.79 Å². The zero-order valence-electron chi connectivity index (χ0n) is 15.3. The van der Waals surface area contributed by atoms with Gasteiger partial charge in [-0.1, -0.05) is 13.3 Å². The lowest BCUT2D eigenvalue weighted by atomic mass is 10.2. The van der Waals surface area contributed by atoms with Crippen molar-refractivity contribution in [1.29, 1.82) is 0 Å². The van der Waals surface area contributed by atoms with Crippen LogP contribution >= 0.6 is 0 Å². The van der Waals surface area contributed by atoms with Crippen molar-refractivity contribution in [2.24, 2.45) is 0 Å². The van der Waals surface area contributed by atoms with Crippen molar-refractivity contribution in [3.63, 3.8) is 0 Å². The molecule has 1 amide bonds. The number of carbonyl (C=O) groups excluding carboxylic acids is 1. The van der Waals surface area contributed by atoms with E-state index in [0.29, 0.717) is 41.9 Å². The quantitative estimate of drug-likeness (QED) is 0.735. The molecule has 0 aliphatic rings. The van der Waals surface area contributed by atoms with Crippen molar-refractivity contribution >= 4 is 11.6 Å². The van der Waals surface area contributed by atoms with Gasteiger partial charge in [0.2, 0.25) is 0 Å². The van der Waals surface area contributed by atoms with E-state index in [0.717, 1.165) is 18.6 Å². The highest BCUT2D eigenvalue weighted by molar-refractivity contribution is 6.04. The number of aryl methyl sites for hydroxylation is 2. The molecule has 134 valence electrons. The molecule has 0 spiro atoms. The van der Waals surface area contributed by atoms with E-state index in [1.807, 2.05) is 20.8 Å². The van der Waals surface area contributed by atoms with Gasteiger partial charge < -0.3 is 14.8 Å². The average Bonchev–Trinajstić information content (AvgIpc) is 2.59. The molecule has 1 N–H and O–H groups in total. The Kier molecular flexibility index (Phi) is 6.74. The van der Waals surface area contributed by atoms with Crippen molar-refractivity contribution in [3.05, 3.63) is 41.2 Å². The summed E-state index contributed by atoms with van der Waals surface area (Å²) in [6.45, 7) is 8.81. The molecule has 0 radical (unpaired) electrons. The van der Waals surface area contributed by atoms with Crippen molar-refractivity contribution in [1.82, 2.24) is 9.97 Å². The molecule has 1 aromatic carbocycles. The summed E-state index contributed by atoms with van der Waals surface area (Å²) >= 11 is 0. The van der Waals surface area contributed by atoms with E-state index in [-0.39, 0.29) is 5.91 Å². The van der Waals surface area contributed by atoms with Gasteiger partial charge in [-0.05, 0) is 51.5 Å². The van der Waals surface area contributed by atoms with Crippen molar-refractivity contribution in [2.75, 3.05) is 18.5 Å². The molecule has 6 heteroatoms. The Balaban J connectivity index is 2.06. The highest BCUT2D eigenvalue weighted by atomic mass is 16.5. The second-order valence-corrected chi connectivity index (χ2v) is 5.67. The average molecular weight is 343 g/mol. The van der Waals surface area contributed by atoms with Crippen LogP contribution in [-0.4, -0.2) is 29.1 Å². The number of hydrogen-bond acceptors (Lipinski definition) is 5. The summed E-state index contributed by atoms with van der Waals surface area (Å²) in [4.78, 5) is 21.0. The molecule has 2 rings (SSSR count). The lowest BCUT2D eigenvalue weighted by Crippen LogP contribution is -2.15. The number of ether oxygens (including phenoxy) is 2. The normalized spacial score (nSPS) is 10.4. The van der Waals surface area contributed by atoms with Gasteiger partial charge in [0.05, 0.1) is 30.3 Å². The Morgan fingerprint density at radius 2 is 1.68 bits per heavy atom. The van der Waals surface area contributed by atoms with Gasteiger partial charge in [0.15, 0.2) is 0 Å². The Morgan fingerprint density at radius 3 is 2.24 bits per heavy atom. The topological polar surface area (TPSA) is 73.3 Å². The number of amides is 1. The van der Waals surface area contributed by atoms with Crippen molar-refractivity contribution in [2.45, 2.75) is 40.5 Å².